The molecule has 0 aliphatic heterocycles. The van der Waals surface area contributed by atoms with Gasteiger partial charge in [0.2, 0.25) is 0 Å². The van der Waals surface area contributed by atoms with Crippen LogP contribution < -0.4 is 5.32 Å². The number of aromatic nitrogens is 2. The van der Waals surface area contributed by atoms with Gasteiger partial charge in [-0.1, -0.05) is 19.1 Å². The number of hydrogen-bond acceptors (Lipinski definition) is 2. The Balaban J connectivity index is 1.98. The van der Waals surface area contributed by atoms with E-state index in [4.69, 9.17) is 0 Å². The monoisotopic (exact) mass is 297 g/mol. The van der Waals surface area contributed by atoms with Gasteiger partial charge in [-0.2, -0.15) is 5.10 Å². The Labute approximate surface area is 111 Å². The lowest BCUT2D eigenvalue weighted by Crippen LogP contribution is -2.30. The van der Waals surface area contributed by atoms with E-state index in [2.05, 4.69) is 45.4 Å². The van der Waals surface area contributed by atoms with Gasteiger partial charge in [0, 0.05) is 19.6 Å². The van der Waals surface area contributed by atoms with E-state index in [1.807, 2.05) is 11.7 Å². The molecular weight excluding hydrogens is 278 g/mol. The van der Waals surface area contributed by atoms with Gasteiger partial charge in [0.25, 0.3) is 0 Å². The Morgan fingerprint density at radius 1 is 1.53 bits per heavy atom. The summed E-state index contributed by atoms with van der Waals surface area (Å²) in [4.78, 5) is 0. The van der Waals surface area contributed by atoms with E-state index >= 15 is 0 Å². The van der Waals surface area contributed by atoms with Crippen molar-refractivity contribution in [3.05, 3.63) is 28.0 Å². The van der Waals surface area contributed by atoms with E-state index in [9.17, 15) is 0 Å². The third-order valence-corrected chi connectivity index (χ3v) is 4.25. The second-order valence-electron chi connectivity index (χ2n) is 4.55. The normalized spacial score (nSPS) is 19.8. The van der Waals surface area contributed by atoms with Crippen molar-refractivity contribution in [1.82, 2.24) is 15.1 Å². The van der Waals surface area contributed by atoms with Gasteiger partial charge in [-0.05, 0) is 41.6 Å². The molecule has 4 heteroatoms. The van der Waals surface area contributed by atoms with Crippen molar-refractivity contribution in [3.63, 3.8) is 0 Å². The van der Waals surface area contributed by atoms with Crippen molar-refractivity contribution in [1.29, 1.82) is 0 Å². The topological polar surface area (TPSA) is 29.9 Å². The third kappa shape index (κ3) is 2.99. The van der Waals surface area contributed by atoms with Crippen LogP contribution >= 0.6 is 15.9 Å². The van der Waals surface area contributed by atoms with Gasteiger partial charge in [-0.3, -0.25) is 4.68 Å². The molecule has 0 bridgehead atoms. The summed E-state index contributed by atoms with van der Waals surface area (Å²) in [6.07, 6.45) is 9.11. The Morgan fingerprint density at radius 3 is 2.94 bits per heavy atom. The number of aryl methyl sites for hydroxylation is 2. The average Bonchev–Trinajstić information content (AvgIpc) is 2.63. The maximum absolute atomic E-state index is 4.51. The highest BCUT2D eigenvalue weighted by Gasteiger charge is 2.14. The maximum Gasteiger partial charge on any atom is 0.0767 e. The summed E-state index contributed by atoms with van der Waals surface area (Å²) in [5, 5.41) is 8.12. The highest BCUT2D eigenvalue weighted by Crippen LogP contribution is 2.22. The Morgan fingerprint density at radius 2 is 2.35 bits per heavy atom. The van der Waals surface area contributed by atoms with E-state index in [1.54, 1.807) is 0 Å². The summed E-state index contributed by atoms with van der Waals surface area (Å²) in [6.45, 7) is 3.03. The van der Waals surface area contributed by atoms with Crippen LogP contribution in [0.15, 0.2) is 16.6 Å². The Kier molecular flexibility index (Phi) is 4.40. The molecule has 1 aromatic rings. The van der Waals surface area contributed by atoms with Crippen LogP contribution in [0, 0.1) is 0 Å². The van der Waals surface area contributed by atoms with Crippen LogP contribution in [0.4, 0.5) is 0 Å². The highest BCUT2D eigenvalue weighted by atomic mass is 79.9. The highest BCUT2D eigenvalue weighted by molar-refractivity contribution is 9.10. The Hall–Kier alpha value is -0.610. The third-order valence-electron chi connectivity index (χ3n) is 3.33. The van der Waals surface area contributed by atoms with Crippen molar-refractivity contribution in [2.75, 3.05) is 0 Å². The fourth-order valence-electron chi connectivity index (χ4n) is 2.23. The lowest BCUT2D eigenvalue weighted by atomic mass is 10.0. The smallest absolute Gasteiger partial charge is 0.0767 e. The Bertz CT molecular complexity index is 409. The molecule has 17 heavy (non-hydrogen) atoms. The van der Waals surface area contributed by atoms with E-state index in [0.717, 1.165) is 25.1 Å². The molecule has 1 atom stereocenters. The first-order chi connectivity index (χ1) is 8.22. The first-order valence-electron chi connectivity index (χ1n) is 6.31. The second-order valence-corrected chi connectivity index (χ2v) is 5.34. The SMILES string of the molecule is CCc1nn(C)c(CNC2CC=CCC2)c1Br. The first kappa shape index (κ1) is 12.8. The predicted molar refractivity (Wildman–Crippen MR) is 73.9 cm³/mol. The molecule has 0 spiro atoms. The molecular formula is C13H20BrN3. The molecule has 3 nitrogen and oxygen atoms in total. The van der Waals surface area contributed by atoms with Crippen molar-refractivity contribution in [2.24, 2.45) is 7.05 Å². The molecule has 1 aliphatic rings. The average molecular weight is 298 g/mol. The number of nitrogens with zero attached hydrogens (tertiary/aromatic N) is 2. The molecule has 0 saturated heterocycles. The van der Waals surface area contributed by atoms with E-state index < -0.39 is 0 Å². The fraction of sp³-hybridized carbons (Fsp3) is 0.615. The number of nitrogens with one attached hydrogen (secondary N) is 1. The van der Waals surface area contributed by atoms with E-state index in [0.29, 0.717) is 6.04 Å². The first-order valence-corrected chi connectivity index (χ1v) is 7.10. The van der Waals surface area contributed by atoms with Crippen molar-refractivity contribution in [2.45, 2.75) is 45.2 Å². The predicted octanol–water partition coefficient (Wildman–Crippen LogP) is 2.94. The molecule has 1 aromatic heterocycles. The molecule has 0 radical (unpaired) electrons. The molecule has 94 valence electrons. The standard InChI is InChI=1S/C13H20BrN3/c1-3-11-13(14)12(17(2)16-11)9-15-10-7-5-4-6-8-10/h4-5,10,15H,3,6-9H2,1-2H3. The lowest BCUT2D eigenvalue weighted by molar-refractivity contribution is 0.463. The van der Waals surface area contributed by atoms with Crippen LogP contribution in [-0.2, 0) is 20.0 Å². The molecule has 2 rings (SSSR count). The summed E-state index contributed by atoms with van der Waals surface area (Å²) < 4.78 is 3.15. The molecule has 0 fully saturated rings. The number of rotatable bonds is 4. The minimum absolute atomic E-state index is 0.617. The minimum Gasteiger partial charge on any atom is -0.308 e. The number of allylic oxidation sites excluding steroid dienone is 1. The summed E-state index contributed by atoms with van der Waals surface area (Å²) in [7, 11) is 2.02. The van der Waals surface area contributed by atoms with Crippen LogP contribution in [0.5, 0.6) is 0 Å². The summed E-state index contributed by atoms with van der Waals surface area (Å²) in [5.74, 6) is 0. The largest absolute Gasteiger partial charge is 0.308 e. The molecule has 1 unspecified atom stereocenters. The molecule has 0 amide bonds. The quantitative estimate of drug-likeness (QED) is 0.866. The van der Waals surface area contributed by atoms with Crippen molar-refractivity contribution in [3.8, 4) is 0 Å². The van der Waals surface area contributed by atoms with Crippen LogP contribution in [0.3, 0.4) is 0 Å². The fourth-order valence-corrected chi connectivity index (χ4v) is 2.99. The van der Waals surface area contributed by atoms with E-state index in [-0.39, 0.29) is 0 Å². The maximum atomic E-state index is 4.51. The lowest BCUT2D eigenvalue weighted by Gasteiger charge is -2.19. The molecule has 0 saturated carbocycles. The number of halogens is 1. The van der Waals surface area contributed by atoms with Crippen molar-refractivity contribution < 1.29 is 0 Å². The van der Waals surface area contributed by atoms with Crippen LogP contribution in [0.2, 0.25) is 0 Å². The van der Waals surface area contributed by atoms with Gasteiger partial charge in [0.15, 0.2) is 0 Å². The van der Waals surface area contributed by atoms with Gasteiger partial charge in [-0.25, -0.2) is 0 Å². The summed E-state index contributed by atoms with van der Waals surface area (Å²) in [5.41, 5.74) is 2.39. The van der Waals surface area contributed by atoms with Gasteiger partial charge in [0.1, 0.15) is 0 Å². The zero-order chi connectivity index (χ0) is 12.3. The van der Waals surface area contributed by atoms with Crippen LogP contribution in [0.1, 0.15) is 37.6 Å². The number of hydrogen-bond donors (Lipinski definition) is 1. The van der Waals surface area contributed by atoms with Crippen LogP contribution in [0.25, 0.3) is 0 Å². The minimum atomic E-state index is 0.617. The van der Waals surface area contributed by atoms with Gasteiger partial charge >= 0.3 is 0 Å². The van der Waals surface area contributed by atoms with E-state index in [1.165, 1.54) is 23.0 Å². The molecule has 1 heterocycles. The second kappa shape index (κ2) is 5.83. The molecule has 1 aliphatic carbocycles. The zero-order valence-corrected chi connectivity index (χ0v) is 12.1. The van der Waals surface area contributed by atoms with Crippen molar-refractivity contribution >= 4 is 15.9 Å². The zero-order valence-electron chi connectivity index (χ0n) is 10.5. The summed E-state index contributed by atoms with van der Waals surface area (Å²) in [6, 6.07) is 0.617. The van der Waals surface area contributed by atoms with Crippen LogP contribution in [-0.4, -0.2) is 15.8 Å². The molecule has 0 aromatic carbocycles. The molecule has 1 N–H and O–H groups in total. The van der Waals surface area contributed by atoms with Gasteiger partial charge in [0.05, 0.1) is 15.9 Å². The van der Waals surface area contributed by atoms with Gasteiger partial charge in [-0.15, -0.1) is 0 Å². The van der Waals surface area contributed by atoms with Gasteiger partial charge < -0.3 is 5.32 Å². The summed E-state index contributed by atoms with van der Waals surface area (Å²) >= 11 is 3.65.